The molecule has 2 heterocycles. The molecule has 0 aliphatic carbocycles. The van der Waals surface area contributed by atoms with Crippen LogP contribution in [0.1, 0.15) is 25.3 Å². The summed E-state index contributed by atoms with van der Waals surface area (Å²) in [4.78, 5) is 23.2. The first kappa shape index (κ1) is 10.1. The molecule has 3 N–H and O–H groups in total. The Balaban J connectivity index is 2.10. The van der Waals surface area contributed by atoms with Gasteiger partial charge in [-0.15, -0.1) is 0 Å². The zero-order valence-electron chi connectivity index (χ0n) is 9.63. The maximum atomic E-state index is 11.7. The molecule has 0 radical (unpaired) electrons. The number of hydrogen-bond acceptors (Lipinski definition) is 4. The Morgan fingerprint density at radius 1 is 1.18 bits per heavy atom. The van der Waals surface area contributed by atoms with Crippen LogP contribution in [0.2, 0.25) is 0 Å². The van der Waals surface area contributed by atoms with Crippen molar-refractivity contribution in [3.8, 4) is 0 Å². The number of anilines is 3. The lowest BCUT2D eigenvalue weighted by Gasteiger charge is -2.06. The maximum absolute atomic E-state index is 11.7. The largest absolute Gasteiger partial charge is 0.364 e. The molecule has 5 heteroatoms. The van der Waals surface area contributed by atoms with E-state index in [2.05, 4.69) is 16.0 Å². The second-order valence-electron chi connectivity index (χ2n) is 4.53. The first-order valence-corrected chi connectivity index (χ1v) is 5.58. The first-order valence-electron chi connectivity index (χ1n) is 5.58. The fourth-order valence-corrected chi connectivity index (χ4v) is 2.45. The third-order valence-electron chi connectivity index (χ3n) is 3.17. The van der Waals surface area contributed by atoms with Gasteiger partial charge in [0.05, 0.1) is 17.5 Å². The fraction of sp³-hybridized carbons (Fsp3) is 0.333. The average molecular weight is 231 g/mol. The highest BCUT2D eigenvalue weighted by atomic mass is 16.2. The SMILES string of the molecule is CC(=O)C1C(=O)Nc2cc3c(cc21)NC(C)N3. The summed E-state index contributed by atoms with van der Waals surface area (Å²) in [6, 6.07) is 3.76. The zero-order chi connectivity index (χ0) is 12.2. The van der Waals surface area contributed by atoms with Crippen molar-refractivity contribution in [2.24, 2.45) is 0 Å². The number of fused-ring (bicyclic) bond motifs is 2. The zero-order valence-corrected chi connectivity index (χ0v) is 9.63. The summed E-state index contributed by atoms with van der Waals surface area (Å²) in [5.74, 6) is -1.02. The van der Waals surface area contributed by atoms with Crippen molar-refractivity contribution in [3.63, 3.8) is 0 Å². The van der Waals surface area contributed by atoms with Crippen LogP contribution in [-0.2, 0) is 9.59 Å². The molecule has 0 spiro atoms. The number of nitrogens with one attached hydrogen (secondary N) is 3. The molecule has 2 unspecified atom stereocenters. The van der Waals surface area contributed by atoms with Gasteiger partial charge in [0.2, 0.25) is 5.91 Å². The van der Waals surface area contributed by atoms with Gasteiger partial charge in [-0.25, -0.2) is 0 Å². The summed E-state index contributed by atoms with van der Waals surface area (Å²) in [6.45, 7) is 3.45. The summed E-state index contributed by atoms with van der Waals surface area (Å²) in [6.07, 6.45) is 0.166. The van der Waals surface area contributed by atoms with Crippen LogP contribution in [0.4, 0.5) is 17.1 Å². The van der Waals surface area contributed by atoms with Crippen LogP contribution in [0.3, 0.4) is 0 Å². The third kappa shape index (κ3) is 1.39. The maximum Gasteiger partial charge on any atom is 0.239 e. The number of ketones is 1. The molecule has 0 saturated carbocycles. The molecule has 2 atom stereocenters. The lowest BCUT2D eigenvalue weighted by Crippen LogP contribution is -2.18. The molecule has 5 nitrogen and oxygen atoms in total. The van der Waals surface area contributed by atoms with Gasteiger partial charge < -0.3 is 16.0 Å². The highest BCUT2D eigenvalue weighted by Gasteiger charge is 2.35. The monoisotopic (exact) mass is 231 g/mol. The molecule has 17 heavy (non-hydrogen) atoms. The molecular formula is C12H13N3O2. The smallest absolute Gasteiger partial charge is 0.239 e. The number of benzene rings is 1. The normalized spacial score (nSPS) is 24.5. The minimum atomic E-state index is -0.659. The van der Waals surface area contributed by atoms with Crippen molar-refractivity contribution in [1.29, 1.82) is 0 Å². The molecule has 1 aromatic rings. The van der Waals surface area contributed by atoms with Crippen molar-refractivity contribution < 1.29 is 9.59 Å². The van der Waals surface area contributed by atoms with Crippen LogP contribution in [0, 0.1) is 0 Å². The van der Waals surface area contributed by atoms with Crippen LogP contribution in [0.5, 0.6) is 0 Å². The van der Waals surface area contributed by atoms with Gasteiger partial charge >= 0.3 is 0 Å². The number of Topliss-reactive ketones (excluding diaryl/α,β-unsaturated/α-hetero) is 1. The van der Waals surface area contributed by atoms with E-state index in [4.69, 9.17) is 0 Å². The van der Waals surface area contributed by atoms with Gasteiger partial charge in [-0.3, -0.25) is 9.59 Å². The van der Waals surface area contributed by atoms with E-state index >= 15 is 0 Å². The standard InChI is InChI=1S/C12H13N3O2/c1-5(16)11-7-3-9-10(14-6(2)13-9)4-8(7)15-12(11)17/h3-4,6,11,13-14H,1-2H3,(H,15,17). The van der Waals surface area contributed by atoms with E-state index in [1.807, 2.05) is 19.1 Å². The Morgan fingerprint density at radius 3 is 2.47 bits per heavy atom. The lowest BCUT2D eigenvalue weighted by atomic mass is 9.96. The van der Waals surface area contributed by atoms with Crippen molar-refractivity contribution in [2.75, 3.05) is 16.0 Å². The van der Waals surface area contributed by atoms with E-state index < -0.39 is 5.92 Å². The predicted molar refractivity (Wildman–Crippen MR) is 65.2 cm³/mol. The number of hydrogen-bond donors (Lipinski definition) is 3. The Bertz CT molecular complexity index is 539. The lowest BCUT2D eigenvalue weighted by molar-refractivity contribution is -0.125. The second kappa shape index (κ2) is 3.23. The molecule has 0 fully saturated rings. The molecule has 0 aromatic heterocycles. The molecular weight excluding hydrogens is 218 g/mol. The van der Waals surface area contributed by atoms with Gasteiger partial charge in [0.15, 0.2) is 0 Å². The number of carbonyl (C=O) groups is 2. The summed E-state index contributed by atoms with van der Waals surface area (Å²) >= 11 is 0. The molecule has 1 amide bonds. The molecule has 3 rings (SSSR count). The number of carbonyl (C=O) groups excluding carboxylic acids is 2. The van der Waals surface area contributed by atoms with E-state index in [1.54, 1.807) is 0 Å². The predicted octanol–water partition coefficient (Wildman–Crippen LogP) is 1.49. The van der Waals surface area contributed by atoms with E-state index in [0.29, 0.717) is 0 Å². The van der Waals surface area contributed by atoms with Crippen molar-refractivity contribution in [1.82, 2.24) is 0 Å². The molecule has 88 valence electrons. The highest BCUT2D eigenvalue weighted by molar-refractivity contribution is 6.17. The molecule has 0 bridgehead atoms. The Hall–Kier alpha value is -2.04. The van der Waals surface area contributed by atoms with Crippen molar-refractivity contribution in [3.05, 3.63) is 17.7 Å². The van der Waals surface area contributed by atoms with Crippen molar-refractivity contribution >= 4 is 28.8 Å². The third-order valence-corrected chi connectivity index (χ3v) is 3.17. The van der Waals surface area contributed by atoms with Crippen LogP contribution in [0.25, 0.3) is 0 Å². The summed E-state index contributed by atoms with van der Waals surface area (Å²) in [5.41, 5.74) is 3.40. The van der Waals surface area contributed by atoms with Crippen molar-refractivity contribution in [2.45, 2.75) is 25.9 Å². The summed E-state index contributed by atoms with van der Waals surface area (Å²) in [7, 11) is 0. The van der Waals surface area contributed by atoms with Gasteiger partial charge in [0, 0.05) is 5.69 Å². The summed E-state index contributed by atoms with van der Waals surface area (Å²) in [5, 5.41) is 9.22. The number of amides is 1. The van der Waals surface area contributed by atoms with E-state index in [-0.39, 0.29) is 17.9 Å². The van der Waals surface area contributed by atoms with E-state index in [9.17, 15) is 9.59 Å². The van der Waals surface area contributed by atoms with Gasteiger partial charge in [-0.1, -0.05) is 0 Å². The Morgan fingerprint density at radius 2 is 1.82 bits per heavy atom. The van der Waals surface area contributed by atoms with Crippen LogP contribution < -0.4 is 16.0 Å². The van der Waals surface area contributed by atoms with Crippen LogP contribution in [0.15, 0.2) is 12.1 Å². The van der Waals surface area contributed by atoms with E-state index in [0.717, 1.165) is 22.6 Å². The quantitative estimate of drug-likeness (QED) is 0.640. The van der Waals surface area contributed by atoms with Crippen LogP contribution in [-0.4, -0.2) is 17.9 Å². The first-order chi connectivity index (χ1) is 8.06. The van der Waals surface area contributed by atoms with Gasteiger partial charge in [-0.2, -0.15) is 0 Å². The fourth-order valence-electron chi connectivity index (χ4n) is 2.45. The second-order valence-corrected chi connectivity index (χ2v) is 4.53. The topological polar surface area (TPSA) is 70.2 Å². The van der Waals surface area contributed by atoms with E-state index in [1.165, 1.54) is 6.92 Å². The molecule has 1 aromatic carbocycles. The highest BCUT2D eigenvalue weighted by Crippen LogP contribution is 2.41. The van der Waals surface area contributed by atoms with Gasteiger partial charge in [0.25, 0.3) is 0 Å². The Kier molecular flexibility index (Phi) is 1.92. The minimum absolute atomic E-state index is 0.125. The van der Waals surface area contributed by atoms with Gasteiger partial charge in [-0.05, 0) is 31.5 Å². The van der Waals surface area contributed by atoms with Gasteiger partial charge in [0.1, 0.15) is 11.7 Å². The molecule has 2 aliphatic rings. The molecule has 0 saturated heterocycles. The molecule has 2 aliphatic heterocycles. The number of rotatable bonds is 1. The summed E-state index contributed by atoms with van der Waals surface area (Å²) < 4.78 is 0. The Labute approximate surface area is 98.6 Å². The van der Waals surface area contributed by atoms with Crippen LogP contribution >= 0.6 is 0 Å². The average Bonchev–Trinajstić information content (AvgIpc) is 2.70. The minimum Gasteiger partial charge on any atom is -0.364 e.